The number of amides is 1. The Hall–Kier alpha value is -1.40. The van der Waals surface area contributed by atoms with E-state index in [9.17, 15) is 4.79 Å². The SMILES string of the molecule is CN(C)C(=O)c1cnc2n1CCN([C@@H]1CCOC1)C2. The summed E-state index contributed by atoms with van der Waals surface area (Å²) in [5.41, 5.74) is 0.697. The van der Waals surface area contributed by atoms with E-state index in [2.05, 4.69) is 14.5 Å². The normalized spacial score (nSPS) is 23.4. The molecule has 0 N–H and O–H groups in total. The average molecular weight is 264 g/mol. The van der Waals surface area contributed by atoms with Gasteiger partial charge in [-0.3, -0.25) is 9.69 Å². The van der Waals surface area contributed by atoms with E-state index in [-0.39, 0.29) is 5.91 Å². The molecule has 3 heterocycles. The Morgan fingerprint density at radius 3 is 3.00 bits per heavy atom. The van der Waals surface area contributed by atoms with Crippen LogP contribution in [0.4, 0.5) is 0 Å². The summed E-state index contributed by atoms with van der Waals surface area (Å²) in [6.07, 6.45) is 2.80. The minimum Gasteiger partial charge on any atom is -0.380 e. The lowest BCUT2D eigenvalue weighted by atomic mass is 10.2. The van der Waals surface area contributed by atoms with Gasteiger partial charge >= 0.3 is 0 Å². The van der Waals surface area contributed by atoms with Crippen LogP contribution in [-0.2, 0) is 17.8 Å². The van der Waals surface area contributed by atoms with E-state index in [4.69, 9.17) is 4.74 Å². The summed E-state index contributed by atoms with van der Waals surface area (Å²) < 4.78 is 7.49. The molecule has 0 radical (unpaired) electrons. The molecule has 0 aromatic carbocycles. The largest absolute Gasteiger partial charge is 0.380 e. The first-order valence-corrected chi connectivity index (χ1v) is 6.74. The van der Waals surface area contributed by atoms with Gasteiger partial charge in [-0.15, -0.1) is 0 Å². The molecule has 0 unspecified atom stereocenters. The molecular weight excluding hydrogens is 244 g/mol. The number of ether oxygens (including phenoxy) is 1. The molecule has 3 rings (SSSR count). The van der Waals surface area contributed by atoms with Crippen LogP contribution in [0.1, 0.15) is 22.7 Å². The summed E-state index contributed by atoms with van der Waals surface area (Å²) in [7, 11) is 3.54. The molecule has 1 aromatic rings. The number of carbonyl (C=O) groups excluding carboxylic acids is 1. The minimum absolute atomic E-state index is 0.0244. The Morgan fingerprint density at radius 2 is 2.32 bits per heavy atom. The van der Waals surface area contributed by atoms with Crippen LogP contribution in [0.3, 0.4) is 0 Å². The van der Waals surface area contributed by atoms with Crippen molar-refractivity contribution in [2.45, 2.75) is 25.6 Å². The number of nitrogens with zero attached hydrogens (tertiary/aromatic N) is 4. The molecule has 6 heteroatoms. The second-order valence-corrected chi connectivity index (χ2v) is 5.40. The van der Waals surface area contributed by atoms with Crippen molar-refractivity contribution in [3.05, 3.63) is 17.7 Å². The van der Waals surface area contributed by atoms with Crippen LogP contribution in [0.25, 0.3) is 0 Å². The molecule has 6 nitrogen and oxygen atoms in total. The third kappa shape index (κ3) is 2.26. The molecule has 0 saturated carbocycles. The van der Waals surface area contributed by atoms with Gasteiger partial charge in [-0.1, -0.05) is 0 Å². The molecule has 2 aliphatic rings. The lowest BCUT2D eigenvalue weighted by Crippen LogP contribution is -2.42. The van der Waals surface area contributed by atoms with Crippen LogP contribution in [0.2, 0.25) is 0 Å². The van der Waals surface area contributed by atoms with E-state index in [0.29, 0.717) is 11.7 Å². The molecule has 0 aliphatic carbocycles. The van der Waals surface area contributed by atoms with E-state index >= 15 is 0 Å². The van der Waals surface area contributed by atoms with Crippen molar-refractivity contribution in [2.75, 3.05) is 33.9 Å². The van der Waals surface area contributed by atoms with E-state index in [1.54, 1.807) is 25.2 Å². The van der Waals surface area contributed by atoms with Crippen LogP contribution in [0, 0.1) is 0 Å². The van der Waals surface area contributed by atoms with Crippen molar-refractivity contribution < 1.29 is 9.53 Å². The fraction of sp³-hybridized carbons (Fsp3) is 0.692. The molecule has 104 valence electrons. The summed E-state index contributed by atoms with van der Waals surface area (Å²) in [6, 6.07) is 0.512. The number of carbonyl (C=O) groups is 1. The molecule has 1 amide bonds. The highest BCUT2D eigenvalue weighted by Gasteiger charge is 2.29. The standard InChI is InChI=1S/C13H20N4O2/c1-15(2)13(18)11-7-14-12-8-16(4-5-17(11)12)10-3-6-19-9-10/h7,10H,3-6,8-9H2,1-2H3/t10-/m1/s1. The van der Waals surface area contributed by atoms with E-state index in [1.807, 2.05) is 0 Å². The summed E-state index contributed by atoms with van der Waals surface area (Å²) >= 11 is 0. The summed E-state index contributed by atoms with van der Waals surface area (Å²) in [4.78, 5) is 20.5. The maximum absolute atomic E-state index is 12.0. The number of hydrogen-bond acceptors (Lipinski definition) is 4. The van der Waals surface area contributed by atoms with Crippen molar-refractivity contribution in [3.8, 4) is 0 Å². The van der Waals surface area contributed by atoms with Crippen LogP contribution >= 0.6 is 0 Å². The van der Waals surface area contributed by atoms with E-state index < -0.39 is 0 Å². The predicted octanol–water partition coefficient (Wildman–Crippen LogP) is 0.189. The Bertz CT molecular complexity index is 477. The van der Waals surface area contributed by atoms with Crippen molar-refractivity contribution >= 4 is 5.91 Å². The second-order valence-electron chi connectivity index (χ2n) is 5.40. The molecule has 2 aliphatic heterocycles. The summed E-state index contributed by atoms with van der Waals surface area (Å²) in [6.45, 7) is 4.30. The average Bonchev–Trinajstić information content (AvgIpc) is 3.06. The van der Waals surface area contributed by atoms with Crippen molar-refractivity contribution in [2.24, 2.45) is 0 Å². The Balaban J connectivity index is 1.78. The molecule has 1 atom stereocenters. The van der Waals surface area contributed by atoms with Gasteiger partial charge in [0.2, 0.25) is 0 Å². The van der Waals surface area contributed by atoms with Gasteiger partial charge in [0, 0.05) is 39.8 Å². The number of rotatable bonds is 2. The molecule has 1 aromatic heterocycles. The fourth-order valence-electron chi connectivity index (χ4n) is 2.80. The zero-order valence-corrected chi connectivity index (χ0v) is 11.5. The van der Waals surface area contributed by atoms with Gasteiger partial charge in [-0.05, 0) is 6.42 Å². The summed E-state index contributed by atoms with van der Waals surface area (Å²) in [5, 5.41) is 0. The maximum atomic E-state index is 12.0. The Morgan fingerprint density at radius 1 is 1.47 bits per heavy atom. The molecular formula is C13H20N4O2. The van der Waals surface area contributed by atoms with Crippen LogP contribution in [0.5, 0.6) is 0 Å². The summed E-state index contributed by atoms with van der Waals surface area (Å²) in [5.74, 6) is 1.01. The fourth-order valence-corrected chi connectivity index (χ4v) is 2.80. The molecule has 1 saturated heterocycles. The lowest BCUT2D eigenvalue weighted by molar-refractivity contribution is 0.0807. The van der Waals surface area contributed by atoms with Crippen LogP contribution in [-0.4, -0.2) is 65.2 Å². The molecule has 1 fully saturated rings. The molecule has 0 bridgehead atoms. The first kappa shape index (κ1) is 12.6. The van der Waals surface area contributed by atoms with Crippen molar-refractivity contribution in [1.29, 1.82) is 0 Å². The van der Waals surface area contributed by atoms with Gasteiger partial charge < -0.3 is 14.2 Å². The Kier molecular flexibility index (Phi) is 3.28. The second kappa shape index (κ2) is 4.94. The van der Waals surface area contributed by atoms with Crippen molar-refractivity contribution in [3.63, 3.8) is 0 Å². The van der Waals surface area contributed by atoms with Crippen LogP contribution < -0.4 is 0 Å². The lowest BCUT2D eigenvalue weighted by Gasteiger charge is -2.32. The van der Waals surface area contributed by atoms with Gasteiger partial charge in [-0.2, -0.15) is 0 Å². The zero-order chi connectivity index (χ0) is 13.4. The van der Waals surface area contributed by atoms with Gasteiger partial charge in [0.05, 0.1) is 19.3 Å². The maximum Gasteiger partial charge on any atom is 0.271 e. The van der Waals surface area contributed by atoms with E-state index in [1.165, 1.54) is 0 Å². The minimum atomic E-state index is 0.0244. The number of aromatic nitrogens is 2. The van der Waals surface area contributed by atoms with E-state index in [0.717, 1.165) is 45.1 Å². The predicted molar refractivity (Wildman–Crippen MR) is 69.9 cm³/mol. The van der Waals surface area contributed by atoms with Gasteiger partial charge in [0.1, 0.15) is 11.5 Å². The van der Waals surface area contributed by atoms with Gasteiger partial charge in [0.25, 0.3) is 5.91 Å². The first-order chi connectivity index (χ1) is 9.16. The highest BCUT2D eigenvalue weighted by Crippen LogP contribution is 2.20. The monoisotopic (exact) mass is 264 g/mol. The van der Waals surface area contributed by atoms with Gasteiger partial charge in [-0.25, -0.2) is 4.98 Å². The number of fused-ring (bicyclic) bond motifs is 1. The third-order valence-electron chi connectivity index (χ3n) is 3.94. The highest BCUT2D eigenvalue weighted by molar-refractivity contribution is 5.92. The van der Waals surface area contributed by atoms with Crippen molar-refractivity contribution in [1.82, 2.24) is 19.4 Å². The molecule has 0 spiro atoms. The highest BCUT2D eigenvalue weighted by atomic mass is 16.5. The third-order valence-corrected chi connectivity index (χ3v) is 3.94. The number of hydrogen-bond donors (Lipinski definition) is 0. The molecule has 19 heavy (non-hydrogen) atoms. The smallest absolute Gasteiger partial charge is 0.271 e. The zero-order valence-electron chi connectivity index (χ0n) is 11.5. The number of imidazole rings is 1. The first-order valence-electron chi connectivity index (χ1n) is 6.74. The van der Waals surface area contributed by atoms with Crippen LogP contribution in [0.15, 0.2) is 6.20 Å². The topological polar surface area (TPSA) is 50.6 Å². The Labute approximate surface area is 113 Å². The quantitative estimate of drug-likeness (QED) is 0.765. The van der Waals surface area contributed by atoms with Gasteiger partial charge in [0.15, 0.2) is 0 Å².